The number of H-pyrrole nitrogens is 1. The highest BCUT2D eigenvalue weighted by molar-refractivity contribution is 6.28. The predicted molar refractivity (Wildman–Crippen MR) is 52.4 cm³/mol. The second kappa shape index (κ2) is 3.48. The maximum Gasteiger partial charge on any atom is 0.416 e. The summed E-state index contributed by atoms with van der Waals surface area (Å²) in [6.45, 7) is 0. The fourth-order valence-corrected chi connectivity index (χ4v) is 1.48. The minimum atomic E-state index is -4.46. The molecule has 0 bridgehead atoms. The van der Waals surface area contributed by atoms with Crippen molar-refractivity contribution in [1.29, 1.82) is 0 Å². The molecule has 84 valence electrons. The van der Waals surface area contributed by atoms with Crippen molar-refractivity contribution in [3.05, 3.63) is 39.4 Å². The summed E-state index contributed by atoms with van der Waals surface area (Å²) in [5.74, 6) is 0. The summed E-state index contributed by atoms with van der Waals surface area (Å²) in [6, 6.07) is 2.72. The average molecular weight is 249 g/mol. The minimum Gasteiger partial charge on any atom is -0.330 e. The van der Waals surface area contributed by atoms with E-state index in [9.17, 15) is 18.0 Å². The first-order valence-electron chi connectivity index (χ1n) is 4.15. The summed E-state index contributed by atoms with van der Waals surface area (Å²) in [6.07, 6.45) is -4.46. The van der Waals surface area contributed by atoms with Crippen molar-refractivity contribution in [1.82, 2.24) is 9.97 Å². The molecule has 0 aliphatic heterocycles. The van der Waals surface area contributed by atoms with Crippen LogP contribution in [-0.2, 0) is 6.18 Å². The van der Waals surface area contributed by atoms with Crippen LogP contribution >= 0.6 is 11.6 Å². The van der Waals surface area contributed by atoms with Crippen LogP contribution in [-0.4, -0.2) is 9.97 Å². The van der Waals surface area contributed by atoms with Gasteiger partial charge in [-0.3, -0.25) is 4.79 Å². The van der Waals surface area contributed by atoms with Crippen LogP contribution in [0, 0.1) is 0 Å². The van der Waals surface area contributed by atoms with Gasteiger partial charge >= 0.3 is 6.18 Å². The number of aromatic nitrogens is 2. The van der Waals surface area contributed by atoms with Gasteiger partial charge in [0.05, 0.1) is 16.5 Å². The summed E-state index contributed by atoms with van der Waals surface area (Å²) in [4.78, 5) is 17.0. The molecule has 0 saturated heterocycles. The Labute approximate surface area is 91.9 Å². The number of nitrogens with one attached hydrogen (secondary N) is 1. The number of aromatic amines is 1. The Bertz CT molecular complexity index is 606. The van der Waals surface area contributed by atoms with Crippen molar-refractivity contribution in [2.45, 2.75) is 6.18 Å². The van der Waals surface area contributed by atoms with E-state index in [-0.39, 0.29) is 16.2 Å². The van der Waals surface area contributed by atoms with E-state index in [1.807, 2.05) is 0 Å². The molecule has 2 aromatic rings. The van der Waals surface area contributed by atoms with Crippen LogP contribution in [0.1, 0.15) is 5.56 Å². The van der Waals surface area contributed by atoms with Gasteiger partial charge in [0.2, 0.25) is 5.28 Å². The molecule has 1 N–H and O–H groups in total. The molecule has 3 nitrogen and oxygen atoms in total. The lowest BCUT2D eigenvalue weighted by atomic mass is 10.1. The van der Waals surface area contributed by atoms with Crippen LogP contribution in [0.3, 0.4) is 0 Å². The predicted octanol–water partition coefficient (Wildman–Crippen LogP) is 2.60. The summed E-state index contributed by atoms with van der Waals surface area (Å²) >= 11 is 5.44. The van der Waals surface area contributed by atoms with E-state index >= 15 is 0 Å². The number of fused-ring (bicyclic) bond motifs is 1. The van der Waals surface area contributed by atoms with Crippen LogP contribution in [0.15, 0.2) is 23.0 Å². The number of benzene rings is 1. The van der Waals surface area contributed by atoms with Gasteiger partial charge in [0, 0.05) is 0 Å². The van der Waals surface area contributed by atoms with Gasteiger partial charge in [0.1, 0.15) is 0 Å². The Kier molecular flexibility index (Phi) is 2.38. The van der Waals surface area contributed by atoms with Crippen LogP contribution in [0.2, 0.25) is 5.28 Å². The molecule has 1 aromatic heterocycles. The molecule has 2 rings (SSSR count). The molecule has 0 aliphatic carbocycles. The monoisotopic (exact) mass is 248 g/mol. The van der Waals surface area contributed by atoms with Gasteiger partial charge in [-0.2, -0.15) is 18.2 Å². The lowest BCUT2D eigenvalue weighted by molar-refractivity contribution is -0.137. The topological polar surface area (TPSA) is 45.8 Å². The Morgan fingerprint density at radius 1 is 1.31 bits per heavy atom. The third-order valence-electron chi connectivity index (χ3n) is 2.01. The standard InChI is InChI=1S/C9H4ClF3N2O/c10-8-14-6-3-4(9(11,12)13)1-2-5(6)7(16)15-8/h1-3H,(H,14,15,16). The smallest absolute Gasteiger partial charge is 0.330 e. The third kappa shape index (κ3) is 1.88. The van der Waals surface area contributed by atoms with Crippen LogP contribution in [0.5, 0.6) is 0 Å². The molecule has 0 amide bonds. The van der Waals surface area contributed by atoms with E-state index in [0.717, 1.165) is 18.2 Å². The Hall–Kier alpha value is -1.56. The minimum absolute atomic E-state index is 0.0137. The van der Waals surface area contributed by atoms with Crippen LogP contribution in [0.4, 0.5) is 13.2 Å². The zero-order valence-corrected chi connectivity index (χ0v) is 8.36. The molecule has 0 unspecified atom stereocenters. The van der Waals surface area contributed by atoms with E-state index in [1.54, 1.807) is 0 Å². The Balaban J connectivity index is 2.76. The zero-order chi connectivity index (χ0) is 11.9. The van der Waals surface area contributed by atoms with E-state index in [0.29, 0.717) is 0 Å². The van der Waals surface area contributed by atoms with Gasteiger partial charge in [-0.05, 0) is 29.8 Å². The molecule has 1 heterocycles. The van der Waals surface area contributed by atoms with Gasteiger partial charge in [-0.15, -0.1) is 0 Å². The van der Waals surface area contributed by atoms with E-state index in [2.05, 4.69) is 9.97 Å². The molecule has 0 atom stereocenters. The fraction of sp³-hybridized carbons (Fsp3) is 0.111. The second-order valence-electron chi connectivity index (χ2n) is 3.09. The molecule has 7 heteroatoms. The SMILES string of the molecule is O=c1nc(Cl)[nH]c2cc(C(F)(F)F)ccc12. The quantitative estimate of drug-likeness (QED) is 0.729. The van der Waals surface area contributed by atoms with Gasteiger partial charge in [0.25, 0.3) is 5.56 Å². The van der Waals surface area contributed by atoms with Gasteiger partial charge in [-0.25, -0.2) is 0 Å². The molecular weight excluding hydrogens is 245 g/mol. The summed E-state index contributed by atoms with van der Waals surface area (Å²) in [5, 5.41) is -0.172. The van der Waals surface area contributed by atoms with Crippen molar-refractivity contribution >= 4 is 22.5 Å². The van der Waals surface area contributed by atoms with E-state index in [4.69, 9.17) is 11.6 Å². The number of hydrogen-bond acceptors (Lipinski definition) is 2. The first-order chi connectivity index (χ1) is 7.38. The lowest BCUT2D eigenvalue weighted by Crippen LogP contribution is -2.10. The number of alkyl halides is 3. The Morgan fingerprint density at radius 2 is 2.00 bits per heavy atom. The number of nitrogens with zero attached hydrogens (tertiary/aromatic N) is 1. The van der Waals surface area contributed by atoms with Crippen molar-refractivity contribution in [2.24, 2.45) is 0 Å². The lowest BCUT2D eigenvalue weighted by Gasteiger charge is -2.07. The molecule has 0 fully saturated rings. The first kappa shape index (κ1) is 10.9. The molecule has 0 saturated carbocycles. The molecule has 16 heavy (non-hydrogen) atoms. The number of hydrogen-bond donors (Lipinski definition) is 1. The largest absolute Gasteiger partial charge is 0.416 e. The average Bonchev–Trinajstić information content (AvgIpc) is 2.15. The van der Waals surface area contributed by atoms with E-state index in [1.165, 1.54) is 0 Å². The summed E-state index contributed by atoms with van der Waals surface area (Å²) in [7, 11) is 0. The second-order valence-corrected chi connectivity index (χ2v) is 3.45. The highest BCUT2D eigenvalue weighted by Gasteiger charge is 2.30. The van der Waals surface area contributed by atoms with Gasteiger partial charge < -0.3 is 4.98 Å². The molecule has 0 radical (unpaired) electrons. The van der Waals surface area contributed by atoms with Crippen molar-refractivity contribution < 1.29 is 13.2 Å². The molecule has 0 spiro atoms. The Morgan fingerprint density at radius 3 is 2.62 bits per heavy atom. The maximum atomic E-state index is 12.4. The molecular formula is C9H4ClF3N2O. The van der Waals surface area contributed by atoms with Crippen molar-refractivity contribution in [2.75, 3.05) is 0 Å². The third-order valence-corrected chi connectivity index (χ3v) is 2.19. The molecule has 0 aliphatic rings. The summed E-state index contributed by atoms with van der Waals surface area (Å²) in [5.41, 5.74) is -1.50. The van der Waals surface area contributed by atoms with Crippen LogP contribution < -0.4 is 5.56 Å². The molecule has 1 aromatic carbocycles. The van der Waals surface area contributed by atoms with Gasteiger partial charge in [-0.1, -0.05) is 0 Å². The highest BCUT2D eigenvalue weighted by Crippen LogP contribution is 2.30. The normalized spacial score (nSPS) is 12.0. The fourth-order valence-electron chi connectivity index (χ4n) is 1.30. The van der Waals surface area contributed by atoms with Crippen molar-refractivity contribution in [3.8, 4) is 0 Å². The summed E-state index contributed by atoms with van der Waals surface area (Å²) < 4.78 is 37.1. The number of halogens is 4. The first-order valence-corrected chi connectivity index (χ1v) is 4.52. The van der Waals surface area contributed by atoms with Crippen LogP contribution in [0.25, 0.3) is 10.9 Å². The van der Waals surface area contributed by atoms with E-state index < -0.39 is 17.3 Å². The zero-order valence-electron chi connectivity index (χ0n) is 7.60. The maximum absolute atomic E-state index is 12.4. The van der Waals surface area contributed by atoms with Gasteiger partial charge in [0.15, 0.2) is 0 Å². The highest BCUT2D eigenvalue weighted by atomic mass is 35.5. The van der Waals surface area contributed by atoms with Crippen molar-refractivity contribution in [3.63, 3.8) is 0 Å². The number of rotatable bonds is 0.